The van der Waals surface area contributed by atoms with Gasteiger partial charge in [0.2, 0.25) is 18.6 Å². The van der Waals surface area contributed by atoms with Gasteiger partial charge in [-0.2, -0.15) is 9.97 Å². The summed E-state index contributed by atoms with van der Waals surface area (Å²) in [5.41, 5.74) is 0.981. The first-order chi connectivity index (χ1) is 18.2. The van der Waals surface area contributed by atoms with Crippen LogP contribution >= 0.6 is 0 Å². The molecule has 5 heterocycles. The minimum absolute atomic E-state index is 0.0202. The Morgan fingerprint density at radius 1 is 1.03 bits per heavy atom. The van der Waals surface area contributed by atoms with Gasteiger partial charge < -0.3 is 29.3 Å². The second-order valence-electron chi connectivity index (χ2n) is 9.47. The predicted octanol–water partition coefficient (Wildman–Crippen LogP) is 2.29. The van der Waals surface area contributed by atoms with Crippen LogP contribution in [0.4, 0.5) is 11.6 Å². The number of hydrogen-bond donors (Lipinski definition) is 1. The van der Waals surface area contributed by atoms with Crippen molar-refractivity contribution in [3.63, 3.8) is 0 Å². The molecule has 1 aromatic carbocycles. The number of aromatic nitrogens is 4. The summed E-state index contributed by atoms with van der Waals surface area (Å²) >= 11 is 0. The molecule has 11 nitrogen and oxygen atoms in total. The molecule has 2 fully saturated rings. The fourth-order valence-electron chi connectivity index (χ4n) is 5.06. The van der Waals surface area contributed by atoms with Crippen molar-refractivity contribution in [3.05, 3.63) is 48.5 Å². The third-order valence-electron chi connectivity index (χ3n) is 7.03. The van der Waals surface area contributed by atoms with Crippen LogP contribution < -0.4 is 24.6 Å². The molecule has 0 bridgehead atoms. The first-order valence-electron chi connectivity index (χ1n) is 12.8. The molecule has 11 heteroatoms. The second kappa shape index (κ2) is 10.6. The molecule has 0 saturated carbocycles. The van der Waals surface area contributed by atoms with Crippen molar-refractivity contribution in [3.8, 4) is 17.4 Å². The number of nitrogens with one attached hydrogen (secondary N) is 1. The fourth-order valence-corrected chi connectivity index (χ4v) is 5.06. The SMILES string of the molecule is O=C(CC1CCCCN1c1cc(N2CCOCC2)nc(-n2ccnc2)n1)NCc1ccc2c(c1)OCO2. The average molecular weight is 506 g/mol. The maximum atomic E-state index is 13.0. The van der Waals surface area contributed by atoms with E-state index in [-0.39, 0.29) is 18.7 Å². The van der Waals surface area contributed by atoms with Gasteiger partial charge in [-0.25, -0.2) is 4.98 Å². The maximum absolute atomic E-state index is 13.0. The molecule has 2 aromatic heterocycles. The average Bonchev–Trinajstić information content (AvgIpc) is 3.65. The number of nitrogens with zero attached hydrogens (tertiary/aromatic N) is 6. The lowest BCUT2D eigenvalue weighted by atomic mass is 9.99. The van der Waals surface area contributed by atoms with E-state index in [1.807, 2.05) is 29.0 Å². The lowest BCUT2D eigenvalue weighted by Gasteiger charge is -2.37. The van der Waals surface area contributed by atoms with E-state index in [1.165, 1.54) is 0 Å². The van der Waals surface area contributed by atoms with Gasteiger partial charge in [-0.3, -0.25) is 9.36 Å². The van der Waals surface area contributed by atoms with Gasteiger partial charge in [-0.1, -0.05) is 6.07 Å². The molecule has 1 unspecified atom stereocenters. The zero-order chi connectivity index (χ0) is 25.0. The van der Waals surface area contributed by atoms with E-state index in [1.54, 1.807) is 12.5 Å². The summed E-state index contributed by atoms with van der Waals surface area (Å²) in [5.74, 6) is 3.77. The van der Waals surface area contributed by atoms with Gasteiger partial charge in [0.15, 0.2) is 11.5 Å². The zero-order valence-corrected chi connectivity index (χ0v) is 20.7. The maximum Gasteiger partial charge on any atom is 0.238 e. The molecule has 3 aliphatic heterocycles. The molecule has 3 aromatic rings. The third-order valence-corrected chi connectivity index (χ3v) is 7.03. The van der Waals surface area contributed by atoms with E-state index in [2.05, 4.69) is 26.2 Å². The quantitative estimate of drug-likeness (QED) is 0.518. The van der Waals surface area contributed by atoms with Crippen LogP contribution in [0.25, 0.3) is 5.95 Å². The Bertz CT molecular complexity index is 1230. The number of imidazole rings is 1. The Labute approximate surface area is 215 Å². The molecule has 1 amide bonds. The predicted molar refractivity (Wildman–Crippen MR) is 136 cm³/mol. The van der Waals surface area contributed by atoms with Crippen LogP contribution in [-0.4, -0.2) is 71.1 Å². The smallest absolute Gasteiger partial charge is 0.238 e. The minimum Gasteiger partial charge on any atom is -0.454 e. The minimum atomic E-state index is 0.0202. The number of carbonyl (C=O) groups excluding carboxylic acids is 1. The number of ether oxygens (including phenoxy) is 3. The van der Waals surface area contributed by atoms with E-state index in [4.69, 9.17) is 24.2 Å². The molecule has 0 spiro atoms. The number of morpholine rings is 1. The molecule has 0 aliphatic carbocycles. The lowest BCUT2D eigenvalue weighted by molar-refractivity contribution is -0.121. The van der Waals surface area contributed by atoms with Crippen molar-refractivity contribution < 1.29 is 19.0 Å². The highest BCUT2D eigenvalue weighted by Gasteiger charge is 2.28. The van der Waals surface area contributed by atoms with Crippen LogP contribution in [0, 0.1) is 0 Å². The molecule has 2 saturated heterocycles. The molecular formula is C26H31N7O4. The van der Waals surface area contributed by atoms with E-state index in [0.29, 0.717) is 32.1 Å². The van der Waals surface area contributed by atoms with Gasteiger partial charge >= 0.3 is 0 Å². The molecule has 0 radical (unpaired) electrons. The highest BCUT2D eigenvalue weighted by atomic mass is 16.7. The van der Waals surface area contributed by atoms with Gasteiger partial charge in [0.05, 0.1) is 13.2 Å². The summed E-state index contributed by atoms with van der Waals surface area (Å²) in [6, 6.07) is 7.86. The number of amides is 1. The fraction of sp³-hybridized carbons (Fsp3) is 0.462. The van der Waals surface area contributed by atoms with Crippen LogP contribution in [-0.2, 0) is 16.1 Å². The van der Waals surface area contributed by atoms with Crippen molar-refractivity contribution >= 4 is 17.5 Å². The van der Waals surface area contributed by atoms with Crippen molar-refractivity contribution in [1.29, 1.82) is 0 Å². The van der Waals surface area contributed by atoms with Crippen molar-refractivity contribution in [2.45, 2.75) is 38.3 Å². The summed E-state index contributed by atoms with van der Waals surface area (Å²) in [4.78, 5) is 31.4. The first-order valence-corrected chi connectivity index (χ1v) is 12.8. The standard InChI is InChI=1S/C26H31N7O4/c34-25(28-16-19-4-5-21-22(13-19)37-18-36-21)14-20-3-1-2-7-33(20)24-15-23(31-9-11-35-12-10-31)29-26(30-24)32-8-6-27-17-32/h4-6,8,13,15,17,20H,1-3,7,9-12,14,16,18H2,(H,28,34). The summed E-state index contributed by atoms with van der Waals surface area (Å²) in [5, 5.41) is 3.08. The molecule has 37 heavy (non-hydrogen) atoms. The van der Waals surface area contributed by atoms with E-state index >= 15 is 0 Å². The topological polar surface area (TPSA) is 107 Å². The summed E-state index contributed by atoms with van der Waals surface area (Å²) in [6.45, 7) is 4.45. The summed E-state index contributed by atoms with van der Waals surface area (Å²) in [7, 11) is 0. The monoisotopic (exact) mass is 505 g/mol. The van der Waals surface area contributed by atoms with Gasteiger partial charge in [0, 0.05) is 57.1 Å². The Kier molecular flexibility index (Phi) is 6.76. The number of carbonyl (C=O) groups is 1. The molecule has 1 atom stereocenters. The van der Waals surface area contributed by atoms with Crippen molar-refractivity contribution in [2.75, 3.05) is 49.4 Å². The highest BCUT2D eigenvalue weighted by Crippen LogP contribution is 2.32. The van der Waals surface area contributed by atoms with E-state index in [9.17, 15) is 4.79 Å². The highest BCUT2D eigenvalue weighted by molar-refractivity contribution is 5.77. The summed E-state index contributed by atoms with van der Waals surface area (Å²) in [6.07, 6.45) is 8.77. The molecule has 6 rings (SSSR count). The molecule has 3 aliphatic rings. The lowest BCUT2D eigenvalue weighted by Crippen LogP contribution is -2.43. The number of rotatable bonds is 7. The largest absolute Gasteiger partial charge is 0.454 e. The van der Waals surface area contributed by atoms with E-state index < -0.39 is 0 Å². The van der Waals surface area contributed by atoms with Gasteiger partial charge in [-0.05, 0) is 37.0 Å². The van der Waals surface area contributed by atoms with Crippen LogP contribution in [0.5, 0.6) is 11.5 Å². The second-order valence-corrected chi connectivity index (χ2v) is 9.47. The van der Waals surface area contributed by atoms with Gasteiger partial charge in [0.1, 0.15) is 18.0 Å². The van der Waals surface area contributed by atoms with E-state index in [0.717, 1.165) is 67.6 Å². The number of fused-ring (bicyclic) bond motifs is 1. The Balaban J connectivity index is 1.19. The van der Waals surface area contributed by atoms with Crippen LogP contribution in [0.15, 0.2) is 43.0 Å². The number of anilines is 2. The normalized spacial score (nSPS) is 19.2. The summed E-state index contributed by atoms with van der Waals surface area (Å²) < 4.78 is 18.2. The first kappa shape index (κ1) is 23.5. The van der Waals surface area contributed by atoms with Gasteiger partial charge in [-0.15, -0.1) is 0 Å². The van der Waals surface area contributed by atoms with Crippen molar-refractivity contribution in [1.82, 2.24) is 24.8 Å². The number of piperidine rings is 1. The van der Waals surface area contributed by atoms with Gasteiger partial charge in [0.25, 0.3) is 0 Å². The number of benzene rings is 1. The van der Waals surface area contributed by atoms with Crippen LogP contribution in [0.3, 0.4) is 0 Å². The van der Waals surface area contributed by atoms with Crippen LogP contribution in [0.2, 0.25) is 0 Å². The molecule has 194 valence electrons. The Morgan fingerprint density at radius 3 is 2.76 bits per heavy atom. The van der Waals surface area contributed by atoms with Crippen LogP contribution in [0.1, 0.15) is 31.2 Å². The Morgan fingerprint density at radius 2 is 1.89 bits per heavy atom. The third kappa shape index (κ3) is 5.31. The zero-order valence-electron chi connectivity index (χ0n) is 20.7. The van der Waals surface area contributed by atoms with Crippen molar-refractivity contribution in [2.24, 2.45) is 0 Å². The number of hydrogen-bond acceptors (Lipinski definition) is 9. The molecule has 1 N–H and O–H groups in total. The Hall–Kier alpha value is -3.86. The molecular weight excluding hydrogens is 474 g/mol.